The first-order valence-corrected chi connectivity index (χ1v) is 18.2. The fourth-order valence-electron chi connectivity index (χ4n) is 8.24. The SMILES string of the molecule is CCC(C)(C)C(=O)O[C@H]1C[C@H](CO)[C@H](OC(=O)N(Cc2ccccc2)Cc2ccccc2)[C@@H]2CC[C@H](C)[C@H](CC[C@@H]3C[C@@H](O)CC(=O)O3)[C@H]21. The van der Waals surface area contributed by atoms with E-state index < -0.39 is 35.7 Å². The van der Waals surface area contributed by atoms with Gasteiger partial charge >= 0.3 is 18.0 Å². The van der Waals surface area contributed by atoms with Gasteiger partial charge in [-0.25, -0.2) is 4.79 Å². The predicted molar refractivity (Wildman–Crippen MR) is 185 cm³/mol. The number of hydrogen-bond acceptors (Lipinski definition) is 8. The van der Waals surface area contributed by atoms with Crippen molar-refractivity contribution in [2.45, 2.75) is 117 Å². The van der Waals surface area contributed by atoms with Gasteiger partial charge in [-0.1, -0.05) is 80.9 Å². The Morgan fingerprint density at radius 2 is 1.57 bits per heavy atom. The number of aliphatic hydroxyl groups is 2. The van der Waals surface area contributed by atoms with Crippen molar-refractivity contribution in [3.63, 3.8) is 0 Å². The summed E-state index contributed by atoms with van der Waals surface area (Å²) in [5.74, 6) is -0.881. The molecule has 2 aromatic rings. The summed E-state index contributed by atoms with van der Waals surface area (Å²) in [5.41, 5.74) is 1.31. The van der Waals surface area contributed by atoms with Crippen LogP contribution in [0.15, 0.2) is 60.7 Å². The number of hydrogen-bond donors (Lipinski definition) is 2. The molecule has 9 heteroatoms. The van der Waals surface area contributed by atoms with Gasteiger partial charge in [0.2, 0.25) is 0 Å². The third-order valence-corrected chi connectivity index (χ3v) is 11.4. The lowest BCUT2D eigenvalue weighted by atomic mass is 9.56. The molecule has 0 spiro atoms. The average molecular weight is 678 g/mol. The number of nitrogens with zero attached hydrogens (tertiary/aromatic N) is 1. The van der Waals surface area contributed by atoms with Crippen LogP contribution in [0, 0.1) is 35.0 Å². The van der Waals surface area contributed by atoms with Gasteiger partial charge in [-0.3, -0.25) is 14.5 Å². The normalized spacial score (nSPS) is 30.1. The van der Waals surface area contributed by atoms with Gasteiger partial charge in [-0.2, -0.15) is 0 Å². The van der Waals surface area contributed by atoms with Gasteiger partial charge in [-0.05, 0) is 68.9 Å². The molecule has 3 aliphatic rings. The fraction of sp³-hybridized carbons (Fsp3) is 0.625. The average Bonchev–Trinajstić information content (AvgIpc) is 3.08. The summed E-state index contributed by atoms with van der Waals surface area (Å²) in [5, 5.41) is 21.0. The van der Waals surface area contributed by atoms with E-state index in [4.69, 9.17) is 14.2 Å². The molecule has 0 radical (unpaired) electrons. The molecule has 2 aliphatic carbocycles. The minimum Gasteiger partial charge on any atom is -0.462 e. The smallest absolute Gasteiger partial charge is 0.410 e. The standard InChI is InChI=1S/C40H55NO8/c1-5-40(3,4)38(45)48-34-20-29(25-42)37(33-18-16-26(2)32(36(33)34)19-17-31-21-30(43)22-35(44)47-31)49-39(46)41(23-27-12-8-6-9-13-27)24-28-14-10-7-11-15-28/h6-15,26,29-34,36-37,42-43H,5,16-25H2,1-4H3/t26-,29+,30+,31+,32-,33+,34-,36+,37-/m0/s1. The Bertz CT molecular complexity index is 1340. The van der Waals surface area contributed by atoms with Crippen LogP contribution in [0.4, 0.5) is 4.79 Å². The number of rotatable bonds is 12. The Kier molecular flexibility index (Phi) is 12.4. The lowest BCUT2D eigenvalue weighted by Crippen LogP contribution is -2.56. The lowest BCUT2D eigenvalue weighted by molar-refractivity contribution is -0.187. The van der Waals surface area contributed by atoms with E-state index in [1.807, 2.05) is 81.4 Å². The van der Waals surface area contributed by atoms with Crippen molar-refractivity contribution in [2.24, 2.45) is 35.0 Å². The van der Waals surface area contributed by atoms with Crippen molar-refractivity contribution in [3.8, 4) is 0 Å². The lowest BCUT2D eigenvalue weighted by Gasteiger charge is -2.53. The number of fused-ring (bicyclic) bond motifs is 1. The van der Waals surface area contributed by atoms with Gasteiger partial charge in [0.25, 0.3) is 0 Å². The Morgan fingerprint density at radius 3 is 2.14 bits per heavy atom. The maximum absolute atomic E-state index is 14.2. The topological polar surface area (TPSA) is 123 Å². The highest BCUT2D eigenvalue weighted by molar-refractivity contribution is 5.76. The maximum atomic E-state index is 14.2. The summed E-state index contributed by atoms with van der Waals surface area (Å²) in [4.78, 5) is 41.5. The van der Waals surface area contributed by atoms with Crippen molar-refractivity contribution in [2.75, 3.05) is 6.61 Å². The molecule has 49 heavy (non-hydrogen) atoms. The highest BCUT2D eigenvalue weighted by atomic mass is 16.6. The molecule has 2 N–H and O–H groups in total. The third kappa shape index (κ3) is 9.23. The van der Waals surface area contributed by atoms with Crippen LogP contribution in [0.1, 0.15) is 90.2 Å². The minimum atomic E-state index is -0.703. The Hall–Kier alpha value is -3.43. The van der Waals surface area contributed by atoms with E-state index in [1.54, 1.807) is 4.90 Å². The zero-order valence-electron chi connectivity index (χ0n) is 29.5. The van der Waals surface area contributed by atoms with Crippen molar-refractivity contribution in [1.82, 2.24) is 4.90 Å². The van der Waals surface area contributed by atoms with Gasteiger partial charge in [0.15, 0.2) is 0 Å². The zero-order chi connectivity index (χ0) is 35.1. The van der Waals surface area contributed by atoms with Crippen LogP contribution in [0.3, 0.4) is 0 Å². The number of esters is 2. The van der Waals surface area contributed by atoms with Crippen molar-refractivity contribution >= 4 is 18.0 Å². The van der Waals surface area contributed by atoms with E-state index in [0.717, 1.165) is 30.4 Å². The van der Waals surface area contributed by atoms with E-state index >= 15 is 0 Å². The second-order valence-electron chi connectivity index (χ2n) is 15.3. The molecule has 0 aromatic heterocycles. The second kappa shape index (κ2) is 16.5. The molecule has 0 unspecified atom stereocenters. The van der Waals surface area contributed by atoms with Gasteiger partial charge in [0, 0.05) is 43.9 Å². The summed E-state index contributed by atoms with van der Waals surface area (Å²) in [6.45, 7) is 8.52. The molecule has 2 aromatic carbocycles. The summed E-state index contributed by atoms with van der Waals surface area (Å²) in [7, 11) is 0. The highest BCUT2D eigenvalue weighted by Crippen LogP contribution is 2.52. The molecule has 1 saturated heterocycles. The van der Waals surface area contributed by atoms with Crippen LogP contribution >= 0.6 is 0 Å². The molecule has 5 rings (SSSR count). The first kappa shape index (κ1) is 36.8. The molecule has 1 heterocycles. The second-order valence-corrected chi connectivity index (χ2v) is 15.3. The van der Waals surface area contributed by atoms with Crippen molar-refractivity contribution < 1.29 is 38.8 Å². The number of ether oxygens (including phenoxy) is 3. The summed E-state index contributed by atoms with van der Waals surface area (Å²) < 4.78 is 18.5. The van der Waals surface area contributed by atoms with Crippen LogP contribution in [0.5, 0.6) is 0 Å². The summed E-state index contributed by atoms with van der Waals surface area (Å²) in [6.07, 6.45) is 1.92. The molecule has 0 bridgehead atoms. The first-order valence-electron chi connectivity index (χ1n) is 18.2. The highest BCUT2D eigenvalue weighted by Gasteiger charge is 2.54. The molecule has 3 fully saturated rings. The number of cyclic esters (lactones) is 1. The van der Waals surface area contributed by atoms with Crippen molar-refractivity contribution in [3.05, 3.63) is 71.8 Å². The minimum absolute atomic E-state index is 0.0213. The van der Waals surface area contributed by atoms with E-state index in [2.05, 4.69) is 6.92 Å². The van der Waals surface area contributed by atoms with Crippen LogP contribution in [-0.2, 0) is 36.9 Å². The van der Waals surface area contributed by atoms with Gasteiger partial charge in [0.1, 0.15) is 18.3 Å². The Labute approximate surface area is 291 Å². The van der Waals surface area contributed by atoms with E-state index in [0.29, 0.717) is 44.7 Å². The molecular formula is C40H55NO8. The number of benzene rings is 2. The van der Waals surface area contributed by atoms with Crippen LogP contribution in [0.2, 0.25) is 0 Å². The Morgan fingerprint density at radius 1 is 0.939 bits per heavy atom. The number of carbonyl (C=O) groups is 3. The van der Waals surface area contributed by atoms with Crippen LogP contribution in [-0.4, -0.2) is 64.2 Å². The number of aliphatic hydroxyl groups excluding tert-OH is 2. The zero-order valence-corrected chi connectivity index (χ0v) is 29.5. The van der Waals surface area contributed by atoms with Crippen LogP contribution < -0.4 is 0 Å². The Balaban J connectivity index is 1.42. The molecule has 9 nitrogen and oxygen atoms in total. The largest absolute Gasteiger partial charge is 0.462 e. The van der Waals surface area contributed by atoms with Crippen LogP contribution in [0.25, 0.3) is 0 Å². The molecule has 2 saturated carbocycles. The van der Waals surface area contributed by atoms with Gasteiger partial charge < -0.3 is 24.4 Å². The van der Waals surface area contributed by atoms with E-state index in [1.165, 1.54) is 0 Å². The van der Waals surface area contributed by atoms with Gasteiger partial charge in [-0.15, -0.1) is 0 Å². The number of amides is 1. The molecular weight excluding hydrogens is 622 g/mol. The predicted octanol–water partition coefficient (Wildman–Crippen LogP) is 6.68. The third-order valence-electron chi connectivity index (χ3n) is 11.4. The quantitative estimate of drug-likeness (QED) is 0.189. The molecule has 268 valence electrons. The van der Waals surface area contributed by atoms with E-state index in [-0.39, 0.29) is 48.8 Å². The first-order chi connectivity index (χ1) is 23.5. The summed E-state index contributed by atoms with van der Waals surface area (Å²) in [6, 6.07) is 19.7. The van der Waals surface area contributed by atoms with Crippen molar-refractivity contribution in [1.29, 1.82) is 0 Å². The molecule has 9 atom stereocenters. The van der Waals surface area contributed by atoms with E-state index in [9.17, 15) is 24.6 Å². The monoisotopic (exact) mass is 677 g/mol. The maximum Gasteiger partial charge on any atom is 0.410 e. The molecule has 1 amide bonds. The van der Waals surface area contributed by atoms with Gasteiger partial charge in [0.05, 0.1) is 17.9 Å². The fourth-order valence-corrected chi connectivity index (χ4v) is 8.24. The number of carbonyl (C=O) groups excluding carboxylic acids is 3. The summed E-state index contributed by atoms with van der Waals surface area (Å²) >= 11 is 0. The molecule has 1 aliphatic heterocycles.